The van der Waals surface area contributed by atoms with E-state index in [-0.39, 0.29) is 11.3 Å². The zero-order valence-electron chi connectivity index (χ0n) is 9.93. The predicted molar refractivity (Wildman–Crippen MR) is 58.9 cm³/mol. The molecule has 0 fully saturated rings. The van der Waals surface area contributed by atoms with Crippen LogP contribution < -0.4 is 0 Å². The fourth-order valence-corrected chi connectivity index (χ4v) is 2.22. The summed E-state index contributed by atoms with van der Waals surface area (Å²) >= 11 is 0. The molecule has 1 aromatic rings. The van der Waals surface area contributed by atoms with Crippen molar-refractivity contribution in [3.63, 3.8) is 0 Å². The van der Waals surface area contributed by atoms with Crippen molar-refractivity contribution in [3.05, 3.63) is 23.0 Å². The Bertz CT molecular complexity index is 366. The Balaban J connectivity index is 3.40. The van der Waals surface area contributed by atoms with Crippen molar-refractivity contribution < 1.29 is 4.79 Å². The Morgan fingerprint density at radius 2 is 1.79 bits per heavy atom. The smallest absolute Gasteiger partial charge is 0.227 e. The van der Waals surface area contributed by atoms with Crippen LogP contribution in [0.1, 0.15) is 49.3 Å². The molecule has 0 aliphatic carbocycles. The quantitative estimate of drug-likeness (QED) is 0.620. The largest absolute Gasteiger partial charge is 0.292 e. The molecule has 78 valence electrons. The molecule has 0 amide bonds. The van der Waals surface area contributed by atoms with E-state index in [1.54, 1.807) is 11.5 Å². The topological polar surface area (TPSA) is 22.0 Å². The highest BCUT2D eigenvalue weighted by molar-refractivity contribution is 5.78. The number of carbonyl (C=O) groups is 1. The van der Waals surface area contributed by atoms with Gasteiger partial charge in [-0.3, -0.25) is 9.36 Å². The molecule has 0 spiro atoms. The van der Waals surface area contributed by atoms with E-state index in [1.807, 2.05) is 13.1 Å². The van der Waals surface area contributed by atoms with E-state index in [9.17, 15) is 4.79 Å². The number of hydrogen-bond donors (Lipinski definition) is 0. The highest BCUT2D eigenvalue weighted by atomic mass is 16.1. The molecule has 2 heteroatoms. The second-order valence-corrected chi connectivity index (χ2v) is 4.91. The van der Waals surface area contributed by atoms with Crippen LogP contribution >= 0.6 is 0 Å². The lowest BCUT2D eigenvalue weighted by Crippen LogP contribution is -2.15. The van der Waals surface area contributed by atoms with Crippen molar-refractivity contribution in [2.75, 3.05) is 0 Å². The molecule has 0 saturated carbocycles. The molecule has 0 aliphatic rings. The lowest BCUT2D eigenvalue weighted by molar-refractivity contribution is 0.0934. The van der Waals surface area contributed by atoms with Gasteiger partial charge in [0, 0.05) is 18.8 Å². The van der Waals surface area contributed by atoms with Crippen LogP contribution in [0.4, 0.5) is 0 Å². The molecule has 0 atom stereocenters. The Kier molecular flexibility index (Phi) is 2.57. The molecule has 2 nitrogen and oxygen atoms in total. The lowest BCUT2D eigenvalue weighted by Gasteiger charge is -2.20. The molecule has 1 rings (SSSR count). The van der Waals surface area contributed by atoms with Crippen molar-refractivity contribution >= 4 is 5.91 Å². The average molecular weight is 193 g/mol. The molecule has 0 bridgehead atoms. The summed E-state index contributed by atoms with van der Waals surface area (Å²) in [6, 6.07) is 0. The van der Waals surface area contributed by atoms with Crippen LogP contribution in [0.25, 0.3) is 0 Å². The SMILES string of the molecule is CC(=O)n1cc(C)c(C(C)(C)C)c1C. The Labute approximate surface area is 85.9 Å². The number of nitrogens with zero attached hydrogens (tertiary/aromatic N) is 1. The summed E-state index contributed by atoms with van der Waals surface area (Å²) in [6.45, 7) is 12.2. The van der Waals surface area contributed by atoms with E-state index in [0.29, 0.717) is 0 Å². The summed E-state index contributed by atoms with van der Waals surface area (Å²) in [4.78, 5) is 11.3. The predicted octanol–water partition coefficient (Wildman–Crippen LogP) is 3.06. The summed E-state index contributed by atoms with van der Waals surface area (Å²) in [6.07, 6.45) is 1.93. The maximum Gasteiger partial charge on any atom is 0.227 e. The molecule has 14 heavy (non-hydrogen) atoms. The second kappa shape index (κ2) is 3.26. The zero-order chi connectivity index (χ0) is 11.1. The highest BCUT2D eigenvalue weighted by Gasteiger charge is 2.22. The normalized spacial score (nSPS) is 11.9. The van der Waals surface area contributed by atoms with E-state index < -0.39 is 0 Å². The first kappa shape index (κ1) is 11.0. The number of aryl methyl sites for hydroxylation is 1. The maximum atomic E-state index is 11.3. The van der Waals surface area contributed by atoms with Gasteiger partial charge in [-0.1, -0.05) is 20.8 Å². The summed E-state index contributed by atoms with van der Waals surface area (Å²) in [7, 11) is 0. The van der Waals surface area contributed by atoms with Gasteiger partial charge in [0.2, 0.25) is 5.91 Å². The van der Waals surface area contributed by atoms with Gasteiger partial charge >= 0.3 is 0 Å². The van der Waals surface area contributed by atoms with E-state index in [0.717, 1.165) is 5.69 Å². The maximum absolute atomic E-state index is 11.3. The van der Waals surface area contributed by atoms with Crippen molar-refractivity contribution in [1.82, 2.24) is 4.57 Å². The fourth-order valence-electron chi connectivity index (χ4n) is 2.22. The second-order valence-electron chi connectivity index (χ2n) is 4.91. The summed E-state index contributed by atoms with van der Waals surface area (Å²) in [5, 5.41) is 0. The van der Waals surface area contributed by atoms with Gasteiger partial charge in [-0.15, -0.1) is 0 Å². The van der Waals surface area contributed by atoms with Gasteiger partial charge in [0.1, 0.15) is 0 Å². The summed E-state index contributed by atoms with van der Waals surface area (Å²) in [5.74, 6) is 0.0844. The third kappa shape index (κ3) is 1.74. The molecule has 0 unspecified atom stereocenters. The molecule has 1 heterocycles. The summed E-state index contributed by atoms with van der Waals surface area (Å²) in [5.41, 5.74) is 3.66. The molecule has 0 N–H and O–H groups in total. The first-order valence-corrected chi connectivity index (χ1v) is 4.95. The number of hydrogen-bond acceptors (Lipinski definition) is 1. The molecular formula is C12H19NO. The monoisotopic (exact) mass is 193 g/mol. The van der Waals surface area contributed by atoms with Crippen molar-refractivity contribution in [1.29, 1.82) is 0 Å². The van der Waals surface area contributed by atoms with E-state index in [1.165, 1.54) is 11.1 Å². The van der Waals surface area contributed by atoms with Crippen LogP contribution in [0.5, 0.6) is 0 Å². The lowest BCUT2D eigenvalue weighted by atomic mass is 9.85. The van der Waals surface area contributed by atoms with Crippen LogP contribution in [0.2, 0.25) is 0 Å². The van der Waals surface area contributed by atoms with Crippen LogP contribution in [-0.4, -0.2) is 10.5 Å². The van der Waals surface area contributed by atoms with Crippen LogP contribution in [0.15, 0.2) is 6.20 Å². The van der Waals surface area contributed by atoms with Crippen LogP contribution in [0, 0.1) is 13.8 Å². The van der Waals surface area contributed by atoms with E-state index >= 15 is 0 Å². The van der Waals surface area contributed by atoms with Gasteiger partial charge in [0.15, 0.2) is 0 Å². The summed E-state index contributed by atoms with van der Waals surface area (Å²) < 4.78 is 1.73. The minimum Gasteiger partial charge on any atom is -0.292 e. The average Bonchev–Trinajstić information content (AvgIpc) is 2.24. The third-order valence-electron chi connectivity index (χ3n) is 2.53. The Hall–Kier alpha value is -1.05. The number of rotatable bonds is 0. The van der Waals surface area contributed by atoms with Gasteiger partial charge in [-0.25, -0.2) is 0 Å². The standard InChI is InChI=1S/C12H19NO/c1-8-7-13(10(3)14)9(2)11(8)12(4,5)6/h7H,1-6H3. The first-order chi connectivity index (χ1) is 6.25. The van der Waals surface area contributed by atoms with Gasteiger partial charge in [0.05, 0.1) is 0 Å². The highest BCUT2D eigenvalue weighted by Crippen LogP contribution is 2.29. The Morgan fingerprint density at radius 3 is 2.00 bits per heavy atom. The molecule has 1 aromatic heterocycles. The zero-order valence-corrected chi connectivity index (χ0v) is 9.93. The minimum absolute atomic E-state index is 0.0844. The Morgan fingerprint density at radius 1 is 1.29 bits per heavy atom. The van der Waals surface area contributed by atoms with E-state index in [4.69, 9.17) is 0 Å². The molecule has 0 aromatic carbocycles. The van der Waals surface area contributed by atoms with Gasteiger partial charge in [-0.05, 0) is 30.4 Å². The van der Waals surface area contributed by atoms with Crippen LogP contribution in [-0.2, 0) is 5.41 Å². The molecule has 0 saturated heterocycles. The minimum atomic E-state index is 0.0844. The van der Waals surface area contributed by atoms with Crippen molar-refractivity contribution in [2.45, 2.75) is 47.0 Å². The van der Waals surface area contributed by atoms with E-state index in [2.05, 4.69) is 27.7 Å². The van der Waals surface area contributed by atoms with Crippen molar-refractivity contribution in [2.24, 2.45) is 0 Å². The molecule has 0 radical (unpaired) electrons. The van der Waals surface area contributed by atoms with Gasteiger partial charge in [-0.2, -0.15) is 0 Å². The third-order valence-corrected chi connectivity index (χ3v) is 2.53. The van der Waals surface area contributed by atoms with Gasteiger partial charge in [0.25, 0.3) is 0 Å². The van der Waals surface area contributed by atoms with Crippen LogP contribution in [0.3, 0.4) is 0 Å². The fraction of sp³-hybridized carbons (Fsp3) is 0.583. The number of aromatic nitrogens is 1. The first-order valence-electron chi connectivity index (χ1n) is 4.95. The molecule has 0 aliphatic heterocycles. The van der Waals surface area contributed by atoms with Crippen molar-refractivity contribution in [3.8, 4) is 0 Å². The van der Waals surface area contributed by atoms with Gasteiger partial charge < -0.3 is 0 Å². The molecular weight excluding hydrogens is 174 g/mol. The number of carbonyl (C=O) groups excluding carboxylic acids is 1.